The quantitative estimate of drug-likeness (QED) is 0.340. The van der Waals surface area contributed by atoms with Gasteiger partial charge in [-0.15, -0.1) is 0 Å². The number of carbonyl (C=O) groups excluding carboxylic acids is 4. The van der Waals surface area contributed by atoms with Gasteiger partial charge in [0.1, 0.15) is 17.5 Å². The van der Waals surface area contributed by atoms with E-state index in [1.807, 2.05) is 25.1 Å². The lowest BCUT2D eigenvalue weighted by Gasteiger charge is -2.46. The fourth-order valence-electron chi connectivity index (χ4n) is 5.11. The van der Waals surface area contributed by atoms with Crippen molar-refractivity contribution in [3.63, 3.8) is 0 Å². The number of anilines is 2. The standard InChI is InChI=1S/C31H37ClN6O5/c1-7-20(21-9-8-10-22(32)15-21)16-26(39)38-27(29(41)37(6)23-17-34-36(5)18-23)24(28(38)40)13-19-11-12-33-25(14-19)35-30(42)43-31(2,3)4/h8-12,14-15,17-18,20,24,27H,7,13,16H2,1-6H3,(H,33,35,42)/t20-,24+,27-/m0/s1. The zero-order valence-corrected chi connectivity index (χ0v) is 26.0. The van der Waals surface area contributed by atoms with Crippen molar-refractivity contribution in [3.8, 4) is 0 Å². The predicted molar refractivity (Wildman–Crippen MR) is 163 cm³/mol. The Balaban J connectivity index is 1.57. The van der Waals surface area contributed by atoms with Crippen LogP contribution < -0.4 is 10.2 Å². The van der Waals surface area contributed by atoms with Crippen LogP contribution in [0.3, 0.4) is 0 Å². The van der Waals surface area contributed by atoms with Crippen LogP contribution in [0.15, 0.2) is 55.0 Å². The van der Waals surface area contributed by atoms with Gasteiger partial charge in [0.05, 0.1) is 17.8 Å². The number of pyridine rings is 1. The summed E-state index contributed by atoms with van der Waals surface area (Å²) in [5.74, 6) is -1.97. The molecule has 1 N–H and O–H groups in total. The number of benzene rings is 1. The van der Waals surface area contributed by atoms with Gasteiger partial charge >= 0.3 is 6.09 Å². The highest BCUT2D eigenvalue weighted by atomic mass is 35.5. The minimum atomic E-state index is -1.02. The van der Waals surface area contributed by atoms with Crippen LogP contribution in [0.2, 0.25) is 5.02 Å². The first-order chi connectivity index (χ1) is 20.3. The zero-order chi connectivity index (χ0) is 31.5. The van der Waals surface area contributed by atoms with Crippen molar-refractivity contribution in [2.45, 2.75) is 64.5 Å². The summed E-state index contributed by atoms with van der Waals surface area (Å²) in [5, 5.41) is 7.30. The molecule has 228 valence electrons. The molecule has 12 heteroatoms. The number of likely N-dealkylation sites (N-methyl/N-ethyl adjacent to an activating group) is 1. The molecule has 1 aromatic carbocycles. The maximum atomic E-state index is 13.9. The molecule has 3 atom stereocenters. The summed E-state index contributed by atoms with van der Waals surface area (Å²) in [6.07, 6.45) is 4.93. The lowest BCUT2D eigenvalue weighted by Crippen LogP contribution is -2.69. The van der Waals surface area contributed by atoms with Crippen LogP contribution in [0.4, 0.5) is 16.3 Å². The number of hydrogen-bond acceptors (Lipinski definition) is 7. The number of nitrogens with zero attached hydrogens (tertiary/aromatic N) is 5. The largest absolute Gasteiger partial charge is 0.444 e. The van der Waals surface area contributed by atoms with Crippen molar-refractivity contribution >= 4 is 46.9 Å². The first-order valence-electron chi connectivity index (χ1n) is 14.1. The van der Waals surface area contributed by atoms with E-state index in [9.17, 15) is 19.2 Å². The second kappa shape index (κ2) is 12.9. The van der Waals surface area contributed by atoms with E-state index in [-0.39, 0.29) is 24.6 Å². The van der Waals surface area contributed by atoms with E-state index in [0.29, 0.717) is 22.7 Å². The van der Waals surface area contributed by atoms with Crippen molar-refractivity contribution in [3.05, 3.63) is 71.1 Å². The molecule has 1 saturated heterocycles. The molecule has 11 nitrogen and oxygen atoms in total. The fourth-order valence-corrected chi connectivity index (χ4v) is 5.31. The number of aryl methyl sites for hydroxylation is 1. The minimum absolute atomic E-state index is 0.0505. The van der Waals surface area contributed by atoms with E-state index in [1.54, 1.807) is 70.1 Å². The Morgan fingerprint density at radius 1 is 1.19 bits per heavy atom. The Morgan fingerprint density at radius 3 is 2.56 bits per heavy atom. The number of β-lactam (4-membered cyclic amide) rings is 1. The summed E-state index contributed by atoms with van der Waals surface area (Å²) in [7, 11) is 3.33. The third-order valence-corrected chi connectivity index (χ3v) is 7.52. The summed E-state index contributed by atoms with van der Waals surface area (Å²) in [6, 6.07) is 9.62. The number of nitrogens with one attached hydrogen (secondary N) is 1. The van der Waals surface area contributed by atoms with Gasteiger partial charge in [0.2, 0.25) is 11.8 Å². The van der Waals surface area contributed by atoms with Crippen LogP contribution in [-0.2, 0) is 32.6 Å². The molecule has 2 aromatic heterocycles. The second-order valence-electron chi connectivity index (χ2n) is 11.7. The van der Waals surface area contributed by atoms with Crippen molar-refractivity contribution in [1.29, 1.82) is 0 Å². The van der Waals surface area contributed by atoms with E-state index in [4.69, 9.17) is 16.3 Å². The van der Waals surface area contributed by atoms with Crippen LogP contribution in [0.1, 0.15) is 57.6 Å². The fraction of sp³-hybridized carbons (Fsp3) is 0.419. The molecule has 0 unspecified atom stereocenters. The Labute approximate surface area is 256 Å². The molecule has 0 spiro atoms. The molecule has 0 radical (unpaired) electrons. The number of carbonyl (C=O) groups is 4. The maximum Gasteiger partial charge on any atom is 0.413 e. The number of imide groups is 1. The first-order valence-corrected chi connectivity index (χ1v) is 14.5. The monoisotopic (exact) mass is 608 g/mol. The van der Waals surface area contributed by atoms with E-state index < -0.39 is 41.4 Å². The lowest BCUT2D eigenvalue weighted by atomic mass is 9.80. The highest BCUT2D eigenvalue weighted by Gasteiger charge is 2.55. The number of likely N-dealkylation sites (tertiary alicyclic amines) is 1. The number of amides is 4. The Morgan fingerprint density at radius 2 is 1.93 bits per heavy atom. The van der Waals surface area contributed by atoms with E-state index >= 15 is 0 Å². The summed E-state index contributed by atoms with van der Waals surface area (Å²) in [5.41, 5.74) is 1.41. The number of rotatable bonds is 9. The molecular weight excluding hydrogens is 572 g/mol. The van der Waals surface area contributed by atoms with Gasteiger partial charge < -0.3 is 9.64 Å². The van der Waals surface area contributed by atoms with Crippen molar-refractivity contribution in [2.24, 2.45) is 13.0 Å². The van der Waals surface area contributed by atoms with Gasteiger partial charge in [-0.3, -0.25) is 29.3 Å². The molecule has 4 amide bonds. The molecule has 43 heavy (non-hydrogen) atoms. The Kier molecular flexibility index (Phi) is 9.54. The average molecular weight is 609 g/mol. The van der Waals surface area contributed by atoms with Crippen LogP contribution in [0.5, 0.6) is 0 Å². The summed E-state index contributed by atoms with van der Waals surface area (Å²) in [6.45, 7) is 7.22. The smallest absolute Gasteiger partial charge is 0.413 e. The Hall–Kier alpha value is -4.25. The van der Waals surface area contributed by atoms with E-state index in [0.717, 1.165) is 10.5 Å². The third-order valence-electron chi connectivity index (χ3n) is 7.29. The van der Waals surface area contributed by atoms with Gasteiger partial charge in [-0.2, -0.15) is 5.10 Å². The van der Waals surface area contributed by atoms with Crippen molar-refractivity contribution < 1.29 is 23.9 Å². The van der Waals surface area contributed by atoms with Crippen LogP contribution in [0, 0.1) is 5.92 Å². The molecule has 1 aliphatic rings. The van der Waals surface area contributed by atoms with E-state index in [1.165, 1.54) is 11.1 Å². The number of ether oxygens (including phenoxy) is 1. The van der Waals surface area contributed by atoms with Crippen molar-refractivity contribution in [2.75, 3.05) is 17.3 Å². The van der Waals surface area contributed by atoms with Crippen LogP contribution >= 0.6 is 11.6 Å². The zero-order valence-electron chi connectivity index (χ0n) is 25.2. The number of aromatic nitrogens is 3. The lowest BCUT2D eigenvalue weighted by molar-refractivity contribution is -0.170. The summed E-state index contributed by atoms with van der Waals surface area (Å²) in [4.78, 5) is 60.0. The van der Waals surface area contributed by atoms with Gasteiger partial charge in [-0.05, 0) is 74.9 Å². The molecule has 0 saturated carbocycles. The van der Waals surface area contributed by atoms with Gasteiger partial charge in [0.25, 0.3) is 5.91 Å². The summed E-state index contributed by atoms with van der Waals surface area (Å²) >= 11 is 6.19. The van der Waals surface area contributed by atoms with Gasteiger partial charge in [-0.25, -0.2) is 9.78 Å². The molecule has 0 bridgehead atoms. The van der Waals surface area contributed by atoms with Crippen molar-refractivity contribution in [1.82, 2.24) is 19.7 Å². The second-order valence-corrected chi connectivity index (χ2v) is 12.1. The molecule has 0 aliphatic carbocycles. The van der Waals surface area contributed by atoms with Gasteiger partial charge in [0, 0.05) is 37.9 Å². The van der Waals surface area contributed by atoms with Gasteiger partial charge in [0.15, 0.2) is 0 Å². The molecule has 1 fully saturated rings. The summed E-state index contributed by atoms with van der Waals surface area (Å²) < 4.78 is 6.87. The Bertz CT molecular complexity index is 1520. The maximum absolute atomic E-state index is 13.9. The highest BCUT2D eigenvalue weighted by molar-refractivity contribution is 6.30. The first kappa shape index (κ1) is 31.7. The minimum Gasteiger partial charge on any atom is -0.444 e. The molecule has 4 rings (SSSR count). The molecular formula is C31H37ClN6O5. The topological polar surface area (TPSA) is 127 Å². The molecule has 1 aliphatic heterocycles. The molecule has 3 aromatic rings. The van der Waals surface area contributed by atoms with E-state index in [2.05, 4.69) is 15.4 Å². The predicted octanol–water partition coefficient (Wildman–Crippen LogP) is 4.96. The molecule has 3 heterocycles. The number of hydrogen-bond donors (Lipinski definition) is 1. The van der Waals surface area contributed by atoms with Crippen LogP contribution in [-0.4, -0.2) is 62.2 Å². The highest BCUT2D eigenvalue weighted by Crippen LogP contribution is 2.35. The normalized spacial score (nSPS) is 17.2. The van der Waals surface area contributed by atoms with Crippen LogP contribution in [0.25, 0.3) is 0 Å². The van der Waals surface area contributed by atoms with Gasteiger partial charge in [-0.1, -0.05) is 30.7 Å². The average Bonchev–Trinajstić information content (AvgIpc) is 3.37. The number of halogens is 1. The third kappa shape index (κ3) is 7.59. The SMILES string of the molecule is CC[C@@H](CC(=O)N1C(=O)[C@H](Cc2ccnc(NC(=O)OC(C)(C)C)c2)[C@H]1C(=O)N(C)c1cnn(C)c1)c1cccc(Cl)c1.